The zero-order valence-corrected chi connectivity index (χ0v) is 15.4. The minimum atomic E-state index is 0.163. The molecule has 6 heteroatoms. The van der Waals surface area contributed by atoms with Crippen LogP contribution in [-0.4, -0.2) is 90.7 Å². The number of carbonyl (C=O) groups excluding carboxylic acids is 1. The van der Waals surface area contributed by atoms with Crippen molar-refractivity contribution in [2.45, 2.75) is 12.5 Å². The number of hydrogen-bond acceptors (Lipinski definition) is 4. The highest BCUT2D eigenvalue weighted by Gasteiger charge is 2.42. The Hall–Kier alpha value is -1.37. The van der Waals surface area contributed by atoms with E-state index in [2.05, 4.69) is 16.8 Å². The van der Waals surface area contributed by atoms with Gasteiger partial charge in [-0.25, -0.2) is 0 Å². The summed E-state index contributed by atoms with van der Waals surface area (Å²) >= 11 is 0. The van der Waals surface area contributed by atoms with E-state index in [0.29, 0.717) is 11.8 Å². The summed E-state index contributed by atoms with van der Waals surface area (Å²) < 4.78 is 8.09. The van der Waals surface area contributed by atoms with Crippen LogP contribution in [0.15, 0.2) is 18.3 Å². The fraction of sp³-hybridized carbons (Fsp3) is 0.737. The number of piperazine rings is 1. The molecule has 4 rings (SSSR count). The molecule has 25 heavy (non-hydrogen) atoms. The smallest absolute Gasteiger partial charge is 0.270 e. The van der Waals surface area contributed by atoms with Gasteiger partial charge in [0.1, 0.15) is 5.69 Å². The second-order valence-electron chi connectivity index (χ2n) is 7.94. The van der Waals surface area contributed by atoms with Crippen LogP contribution in [0.25, 0.3) is 0 Å². The number of hydrogen-bond donors (Lipinski definition) is 0. The highest BCUT2D eigenvalue weighted by Crippen LogP contribution is 2.35. The van der Waals surface area contributed by atoms with E-state index in [1.807, 2.05) is 34.8 Å². The summed E-state index contributed by atoms with van der Waals surface area (Å²) in [5, 5.41) is 0. The Morgan fingerprint density at radius 3 is 2.72 bits per heavy atom. The summed E-state index contributed by atoms with van der Waals surface area (Å²) in [7, 11) is 4.13. The second-order valence-corrected chi connectivity index (χ2v) is 7.94. The number of carbonyl (C=O) groups is 1. The molecule has 0 aromatic carbocycles. The first-order chi connectivity index (χ1) is 12.1. The van der Waals surface area contributed by atoms with Gasteiger partial charge in [0.25, 0.3) is 5.91 Å². The molecule has 0 N–H and O–H groups in total. The highest BCUT2D eigenvalue weighted by molar-refractivity contribution is 5.92. The normalized spacial score (nSPS) is 31.3. The van der Waals surface area contributed by atoms with Crippen LogP contribution in [-0.2, 0) is 11.8 Å². The van der Waals surface area contributed by atoms with Crippen LogP contribution in [0, 0.1) is 11.8 Å². The molecule has 4 heterocycles. The topological polar surface area (TPSA) is 41.0 Å². The molecular weight excluding hydrogens is 316 g/mol. The van der Waals surface area contributed by atoms with Crippen LogP contribution < -0.4 is 0 Å². The average molecular weight is 346 g/mol. The molecule has 0 aliphatic carbocycles. The van der Waals surface area contributed by atoms with Crippen molar-refractivity contribution >= 4 is 5.91 Å². The van der Waals surface area contributed by atoms with Gasteiger partial charge in [-0.1, -0.05) is 0 Å². The molecule has 138 valence electrons. The minimum absolute atomic E-state index is 0.163. The highest BCUT2D eigenvalue weighted by atomic mass is 16.5. The number of aromatic nitrogens is 1. The van der Waals surface area contributed by atoms with Gasteiger partial charge in [0.2, 0.25) is 0 Å². The Labute approximate surface area is 150 Å². The molecule has 6 nitrogen and oxygen atoms in total. The van der Waals surface area contributed by atoms with Crippen molar-refractivity contribution in [3.8, 4) is 0 Å². The van der Waals surface area contributed by atoms with Crippen molar-refractivity contribution in [2.75, 3.05) is 59.5 Å². The molecule has 0 spiro atoms. The third kappa shape index (κ3) is 3.48. The Bertz CT molecular complexity index is 608. The molecule has 3 saturated heterocycles. The van der Waals surface area contributed by atoms with E-state index in [0.717, 1.165) is 64.5 Å². The van der Waals surface area contributed by atoms with Crippen LogP contribution >= 0.6 is 0 Å². The Balaban J connectivity index is 1.39. The molecule has 3 aliphatic heterocycles. The van der Waals surface area contributed by atoms with Crippen molar-refractivity contribution in [1.82, 2.24) is 19.3 Å². The number of amides is 1. The van der Waals surface area contributed by atoms with Gasteiger partial charge in [-0.2, -0.15) is 0 Å². The number of piperidine rings is 1. The first-order valence-electron chi connectivity index (χ1n) is 9.55. The lowest BCUT2D eigenvalue weighted by molar-refractivity contribution is 0.0289. The lowest BCUT2D eigenvalue weighted by Gasteiger charge is -2.38. The molecule has 3 fully saturated rings. The van der Waals surface area contributed by atoms with Gasteiger partial charge < -0.3 is 19.1 Å². The number of nitrogens with zero attached hydrogens (tertiary/aromatic N) is 4. The maximum Gasteiger partial charge on any atom is 0.270 e. The Kier molecular flexibility index (Phi) is 4.84. The summed E-state index contributed by atoms with van der Waals surface area (Å²) in [6.45, 7) is 8.11. The van der Waals surface area contributed by atoms with E-state index in [1.165, 1.54) is 0 Å². The zero-order valence-electron chi connectivity index (χ0n) is 15.4. The average Bonchev–Trinajstić information content (AvgIpc) is 3.22. The fourth-order valence-electron chi connectivity index (χ4n) is 4.53. The maximum atomic E-state index is 12.9. The lowest BCUT2D eigenvalue weighted by atomic mass is 9.84. The fourth-order valence-corrected chi connectivity index (χ4v) is 4.53. The van der Waals surface area contributed by atoms with E-state index in [4.69, 9.17) is 4.74 Å². The number of fused-ring (bicyclic) bond motifs is 1. The van der Waals surface area contributed by atoms with Crippen molar-refractivity contribution in [2.24, 2.45) is 18.9 Å². The number of likely N-dealkylation sites (tertiary alicyclic amines) is 1. The van der Waals surface area contributed by atoms with Crippen LogP contribution in [0.2, 0.25) is 0 Å². The Morgan fingerprint density at radius 1 is 1.20 bits per heavy atom. The molecule has 0 radical (unpaired) electrons. The third-order valence-electron chi connectivity index (χ3n) is 6.29. The van der Waals surface area contributed by atoms with Gasteiger partial charge in [0.15, 0.2) is 0 Å². The third-order valence-corrected chi connectivity index (χ3v) is 6.29. The molecule has 1 aromatic heterocycles. The predicted molar refractivity (Wildman–Crippen MR) is 96.6 cm³/mol. The quantitative estimate of drug-likeness (QED) is 0.810. The summed E-state index contributed by atoms with van der Waals surface area (Å²) in [5.74, 6) is 1.27. The Morgan fingerprint density at radius 2 is 2.00 bits per heavy atom. The summed E-state index contributed by atoms with van der Waals surface area (Å²) in [5.41, 5.74) is 0.785. The van der Waals surface area contributed by atoms with Crippen LogP contribution in [0.4, 0.5) is 0 Å². The van der Waals surface area contributed by atoms with Crippen LogP contribution in [0.5, 0.6) is 0 Å². The van der Waals surface area contributed by atoms with E-state index in [-0.39, 0.29) is 12.0 Å². The lowest BCUT2D eigenvalue weighted by Crippen LogP contribution is -2.50. The molecule has 1 aromatic rings. The van der Waals surface area contributed by atoms with Crippen molar-refractivity contribution < 1.29 is 9.53 Å². The standard InChI is InChI=1S/C19H30N4O2/c1-20-8-10-22(11-9-20)13-18-16-12-23(7-5-15(16)14-25-18)19(24)17-4-3-6-21(17)2/h3-4,6,15-16,18H,5,7-14H2,1-2H3/t15-,16-,18+/m0/s1. The number of rotatable bonds is 3. The van der Waals surface area contributed by atoms with Gasteiger partial charge in [0, 0.05) is 65.0 Å². The van der Waals surface area contributed by atoms with E-state index in [9.17, 15) is 4.79 Å². The first-order valence-corrected chi connectivity index (χ1v) is 9.55. The number of aryl methyl sites for hydroxylation is 1. The predicted octanol–water partition coefficient (Wildman–Crippen LogP) is 0.750. The van der Waals surface area contributed by atoms with E-state index in [1.54, 1.807) is 0 Å². The molecule has 0 saturated carbocycles. The van der Waals surface area contributed by atoms with E-state index >= 15 is 0 Å². The monoisotopic (exact) mass is 346 g/mol. The summed E-state index contributed by atoms with van der Waals surface area (Å²) in [6, 6.07) is 3.86. The van der Waals surface area contributed by atoms with Gasteiger partial charge in [-0.15, -0.1) is 0 Å². The van der Waals surface area contributed by atoms with E-state index < -0.39 is 0 Å². The van der Waals surface area contributed by atoms with Crippen LogP contribution in [0.3, 0.4) is 0 Å². The molecule has 0 unspecified atom stereocenters. The number of ether oxygens (including phenoxy) is 1. The maximum absolute atomic E-state index is 12.9. The van der Waals surface area contributed by atoms with Gasteiger partial charge in [0.05, 0.1) is 12.7 Å². The van der Waals surface area contributed by atoms with Crippen molar-refractivity contribution in [3.05, 3.63) is 24.0 Å². The summed E-state index contributed by atoms with van der Waals surface area (Å²) in [6.07, 6.45) is 3.28. The molecule has 3 aliphatic rings. The number of likely N-dealkylation sites (N-methyl/N-ethyl adjacent to an activating group) is 1. The molecular formula is C19H30N4O2. The largest absolute Gasteiger partial charge is 0.376 e. The first kappa shape index (κ1) is 17.1. The second kappa shape index (κ2) is 7.09. The van der Waals surface area contributed by atoms with Gasteiger partial charge in [-0.05, 0) is 31.5 Å². The molecule has 0 bridgehead atoms. The minimum Gasteiger partial charge on any atom is -0.376 e. The molecule has 1 amide bonds. The van der Waals surface area contributed by atoms with Crippen molar-refractivity contribution in [1.29, 1.82) is 0 Å². The van der Waals surface area contributed by atoms with Crippen LogP contribution in [0.1, 0.15) is 16.9 Å². The van der Waals surface area contributed by atoms with Crippen molar-refractivity contribution in [3.63, 3.8) is 0 Å². The summed E-state index contributed by atoms with van der Waals surface area (Å²) in [4.78, 5) is 19.8. The SMILES string of the molecule is CN1CCN(C[C@H]2OC[C@@H]3CCN(C(=O)c4cccn4C)C[C@@H]32)CC1. The van der Waals surface area contributed by atoms with Gasteiger partial charge >= 0.3 is 0 Å². The van der Waals surface area contributed by atoms with Gasteiger partial charge in [-0.3, -0.25) is 9.69 Å². The zero-order chi connectivity index (χ0) is 17.4. The molecule has 3 atom stereocenters.